The standard InChI is InChI=1S/C18H28N2O2/c1-3-5-7-9-11-15-17(13-21)20-16(18(14-22)19-15)12-10-8-6-4-2/h13-14H,3-12H2,1-2H3. The summed E-state index contributed by atoms with van der Waals surface area (Å²) >= 11 is 0. The molecule has 0 atom stereocenters. The van der Waals surface area contributed by atoms with Crippen molar-refractivity contribution in [1.29, 1.82) is 0 Å². The van der Waals surface area contributed by atoms with Gasteiger partial charge < -0.3 is 0 Å². The summed E-state index contributed by atoms with van der Waals surface area (Å²) in [5.74, 6) is 0. The van der Waals surface area contributed by atoms with Gasteiger partial charge in [-0.15, -0.1) is 0 Å². The Morgan fingerprint density at radius 2 is 1.09 bits per heavy atom. The number of aryl methyl sites for hydroxylation is 2. The molecule has 0 aliphatic carbocycles. The average Bonchev–Trinajstić information content (AvgIpc) is 2.55. The maximum Gasteiger partial charge on any atom is 0.170 e. The molecule has 0 saturated heterocycles. The summed E-state index contributed by atoms with van der Waals surface area (Å²) in [6.45, 7) is 4.32. The van der Waals surface area contributed by atoms with E-state index in [1.165, 1.54) is 25.7 Å². The van der Waals surface area contributed by atoms with Crippen molar-refractivity contribution in [3.05, 3.63) is 22.8 Å². The minimum absolute atomic E-state index is 0.410. The third-order valence-corrected chi connectivity index (χ3v) is 3.86. The monoisotopic (exact) mass is 304 g/mol. The van der Waals surface area contributed by atoms with E-state index in [0.717, 1.165) is 51.1 Å². The number of carbonyl (C=O) groups excluding carboxylic acids is 2. The highest BCUT2D eigenvalue weighted by Crippen LogP contribution is 2.14. The summed E-state index contributed by atoms with van der Waals surface area (Å²) in [7, 11) is 0. The zero-order chi connectivity index (χ0) is 16.2. The third-order valence-electron chi connectivity index (χ3n) is 3.86. The number of hydrogen-bond acceptors (Lipinski definition) is 4. The van der Waals surface area contributed by atoms with Crippen molar-refractivity contribution in [2.45, 2.75) is 78.1 Å². The molecule has 0 aliphatic rings. The normalized spacial score (nSPS) is 10.6. The zero-order valence-corrected chi connectivity index (χ0v) is 13.9. The Morgan fingerprint density at radius 1 is 0.682 bits per heavy atom. The van der Waals surface area contributed by atoms with Crippen LogP contribution in [-0.2, 0) is 12.8 Å². The molecule has 0 unspecified atom stereocenters. The van der Waals surface area contributed by atoms with Gasteiger partial charge in [0.25, 0.3) is 0 Å². The lowest BCUT2D eigenvalue weighted by atomic mass is 10.1. The van der Waals surface area contributed by atoms with Crippen LogP contribution in [-0.4, -0.2) is 22.5 Å². The average molecular weight is 304 g/mol. The fourth-order valence-electron chi connectivity index (χ4n) is 2.53. The maximum atomic E-state index is 11.3. The Kier molecular flexibility index (Phi) is 9.28. The van der Waals surface area contributed by atoms with Crippen molar-refractivity contribution in [3.63, 3.8) is 0 Å². The fourth-order valence-corrected chi connectivity index (χ4v) is 2.53. The number of hydrogen-bond donors (Lipinski definition) is 0. The molecule has 1 rings (SSSR count). The van der Waals surface area contributed by atoms with Gasteiger partial charge in [0.05, 0.1) is 11.4 Å². The van der Waals surface area contributed by atoms with Crippen LogP contribution in [0, 0.1) is 0 Å². The SMILES string of the molecule is CCCCCCc1nc(C=O)c(CCCCCC)nc1C=O. The third kappa shape index (κ3) is 6.04. The van der Waals surface area contributed by atoms with Crippen molar-refractivity contribution < 1.29 is 9.59 Å². The molecule has 0 radical (unpaired) electrons. The van der Waals surface area contributed by atoms with E-state index in [-0.39, 0.29) is 0 Å². The molecular weight excluding hydrogens is 276 g/mol. The van der Waals surface area contributed by atoms with E-state index in [1.54, 1.807) is 0 Å². The molecule has 0 aromatic carbocycles. The molecule has 0 aliphatic heterocycles. The maximum absolute atomic E-state index is 11.3. The molecule has 0 amide bonds. The highest BCUT2D eigenvalue weighted by molar-refractivity contribution is 5.77. The van der Waals surface area contributed by atoms with Gasteiger partial charge in [0.15, 0.2) is 12.6 Å². The molecule has 0 bridgehead atoms. The van der Waals surface area contributed by atoms with E-state index < -0.39 is 0 Å². The molecule has 1 aromatic rings. The number of nitrogens with zero attached hydrogens (tertiary/aromatic N) is 2. The number of carbonyl (C=O) groups is 2. The molecule has 122 valence electrons. The molecule has 1 heterocycles. The van der Waals surface area contributed by atoms with Gasteiger partial charge >= 0.3 is 0 Å². The molecule has 0 N–H and O–H groups in total. The minimum Gasteiger partial charge on any atom is -0.296 e. The van der Waals surface area contributed by atoms with Gasteiger partial charge in [0.2, 0.25) is 0 Å². The van der Waals surface area contributed by atoms with Crippen LogP contribution in [0.3, 0.4) is 0 Å². The summed E-state index contributed by atoms with van der Waals surface area (Å²) < 4.78 is 0. The van der Waals surface area contributed by atoms with Gasteiger partial charge in [0, 0.05) is 0 Å². The molecule has 4 heteroatoms. The van der Waals surface area contributed by atoms with Gasteiger partial charge in [-0.05, 0) is 25.7 Å². The van der Waals surface area contributed by atoms with E-state index in [2.05, 4.69) is 23.8 Å². The van der Waals surface area contributed by atoms with E-state index in [4.69, 9.17) is 0 Å². The van der Waals surface area contributed by atoms with Gasteiger partial charge in [-0.25, -0.2) is 9.97 Å². The number of rotatable bonds is 12. The number of unbranched alkanes of at least 4 members (excludes halogenated alkanes) is 6. The number of aldehydes is 2. The lowest BCUT2D eigenvalue weighted by molar-refractivity contribution is 0.110. The Balaban J connectivity index is 2.78. The molecule has 0 saturated carbocycles. The second-order valence-electron chi connectivity index (χ2n) is 5.74. The summed E-state index contributed by atoms with van der Waals surface area (Å²) in [6.07, 6.45) is 11.9. The summed E-state index contributed by atoms with van der Waals surface area (Å²) in [4.78, 5) is 31.3. The van der Waals surface area contributed by atoms with Crippen molar-refractivity contribution in [2.75, 3.05) is 0 Å². The van der Waals surface area contributed by atoms with Gasteiger partial charge in [-0.3, -0.25) is 9.59 Å². The smallest absolute Gasteiger partial charge is 0.170 e. The van der Waals surface area contributed by atoms with Crippen LogP contribution in [0.2, 0.25) is 0 Å². The molecule has 0 fully saturated rings. The molecule has 4 nitrogen and oxygen atoms in total. The van der Waals surface area contributed by atoms with Crippen LogP contribution in [0.5, 0.6) is 0 Å². The van der Waals surface area contributed by atoms with E-state index in [1.807, 2.05) is 0 Å². The Hall–Kier alpha value is -1.58. The van der Waals surface area contributed by atoms with Crippen LogP contribution in [0.4, 0.5) is 0 Å². The Labute approximate surface area is 133 Å². The predicted molar refractivity (Wildman–Crippen MR) is 88.5 cm³/mol. The van der Waals surface area contributed by atoms with Crippen LogP contribution < -0.4 is 0 Å². The largest absolute Gasteiger partial charge is 0.296 e. The summed E-state index contributed by atoms with van der Waals surface area (Å²) in [5, 5.41) is 0. The first kappa shape index (κ1) is 18.5. The Bertz CT molecular complexity index is 429. The van der Waals surface area contributed by atoms with Gasteiger partial charge in [-0.2, -0.15) is 0 Å². The molecule has 22 heavy (non-hydrogen) atoms. The summed E-state index contributed by atoms with van der Waals surface area (Å²) in [5.41, 5.74) is 2.16. The minimum atomic E-state index is 0.410. The van der Waals surface area contributed by atoms with E-state index in [9.17, 15) is 9.59 Å². The van der Waals surface area contributed by atoms with E-state index >= 15 is 0 Å². The first-order chi connectivity index (χ1) is 10.8. The second kappa shape index (κ2) is 11.0. The van der Waals surface area contributed by atoms with Crippen molar-refractivity contribution in [2.24, 2.45) is 0 Å². The highest BCUT2D eigenvalue weighted by Gasteiger charge is 2.12. The molecule has 0 spiro atoms. The van der Waals surface area contributed by atoms with Gasteiger partial charge in [-0.1, -0.05) is 52.4 Å². The van der Waals surface area contributed by atoms with Crippen molar-refractivity contribution >= 4 is 12.6 Å². The van der Waals surface area contributed by atoms with Crippen LogP contribution in [0.15, 0.2) is 0 Å². The first-order valence-electron chi connectivity index (χ1n) is 8.56. The molecular formula is C18H28N2O2. The van der Waals surface area contributed by atoms with Crippen LogP contribution in [0.1, 0.15) is 97.6 Å². The lowest BCUT2D eigenvalue weighted by Gasteiger charge is -2.09. The number of aromatic nitrogens is 2. The lowest BCUT2D eigenvalue weighted by Crippen LogP contribution is -2.10. The second-order valence-corrected chi connectivity index (χ2v) is 5.74. The van der Waals surface area contributed by atoms with Crippen LogP contribution in [0.25, 0.3) is 0 Å². The fraction of sp³-hybridized carbons (Fsp3) is 0.667. The zero-order valence-electron chi connectivity index (χ0n) is 13.9. The van der Waals surface area contributed by atoms with Crippen LogP contribution >= 0.6 is 0 Å². The quantitative estimate of drug-likeness (QED) is 0.425. The van der Waals surface area contributed by atoms with Crippen molar-refractivity contribution in [3.8, 4) is 0 Å². The first-order valence-corrected chi connectivity index (χ1v) is 8.56. The predicted octanol–water partition coefficient (Wildman–Crippen LogP) is 4.35. The highest BCUT2D eigenvalue weighted by atomic mass is 16.1. The summed E-state index contributed by atoms with van der Waals surface area (Å²) in [6, 6.07) is 0. The van der Waals surface area contributed by atoms with E-state index in [0.29, 0.717) is 22.8 Å². The topological polar surface area (TPSA) is 59.9 Å². The Morgan fingerprint density at radius 3 is 1.41 bits per heavy atom. The van der Waals surface area contributed by atoms with Gasteiger partial charge in [0.1, 0.15) is 11.4 Å². The molecule has 1 aromatic heterocycles. The van der Waals surface area contributed by atoms with Crippen molar-refractivity contribution in [1.82, 2.24) is 9.97 Å².